The zero-order chi connectivity index (χ0) is 12.1. The predicted molar refractivity (Wildman–Crippen MR) is 64.4 cm³/mol. The van der Waals surface area contributed by atoms with Crippen LogP contribution in [0.2, 0.25) is 0 Å². The maximum atomic E-state index is 10.8. The SMILES string of the molecule is O=Cc1cccnc1C=C(O)c1ccncc1. The van der Waals surface area contributed by atoms with Crippen LogP contribution in [0.25, 0.3) is 11.8 Å². The molecule has 0 unspecified atom stereocenters. The van der Waals surface area contributed by atoms with Crippen LogP contribution in [0.5, 0.6) is 0 Å². The van der Waals surface area contributed by atoms with Crippen molar-refractivity contribution in [1.29, 1.82) is 0 Å². The number of pyridine rings is 2. The Hall–Kier alpha value is -2.49. The fourth-order valence-corrected chi connectivity index (χ4v) is 1.39. The monoisotopic (exact) mass is 226 g/mol. The Morgan fingerprint density at radius 1 is 1.18 bits per heavy atom. The van der Waals surface area contributed by atoms with Crippen molar-refractivity contribution in [2.45, 2.75) is 0 Å². The molecular weight excluding hydrogens is 216 g/mol. The Morgan fingerprint density at radius 2 is 1.94 bits per heavy atom. The number of carbonyl (C=O) groups excluding carboxylic acids is 1. The molecule has 2 rings (SSSR count). The summed E-state index contributed by atoms with van der Waals surface area (Å²) in [5.74, 6) is 0.0502. The van der Waals surface area contributed by atoms with E-state index in [1.807, 2.05) is 0 Å². The zero-order valence-corrected chi connectivity index (χ0v) is 8.95. The van der Waals surface area contributed by atoms with E-state index in [9.17, 15) is 9.90 Å². The molecule has 4 nitrogen and oxygen atoms in total. The largest absolute Gasteiger partial charge is 0.507 e. The van der Waals surface area contributed by atoms with Gasteiger partial charge in [0.2, 0.25) is 0 Å². The van der Waals surface area contributed by atoms with Crippen molar-refractivity contribution in [3.05, 3.63) is 59.7 Å². The molecule has 4 heteroatoms. The number of nitrogens with zero attached hydrogens (tertiary/aromatic N) is 2. The molecule has 2 aromatic rings. The Balaban J connectivity index is 2.39. The molecule has 2 heterocycles. The van der Waals surface area contributed by atoms with Gasteiger partial charge in [0.15, 0.2) is 6.29 Å². The van der Waals surface area contributed by atoms with Gasteiger partial charge in [-0.25, -0.2) is 0 Å². The maximum Gasteiger partial charge on any atom is 0.152 e. The first-order valence-electron chi connectivity index (χ1n) is 5.02. The summed E-state index contributed by atoms with van der Waals surface area (Å²) in [5, 5.41) is 9.87. The number of aldehydes is 1. The highest BCUT2D eigenvalue weighted by molar-refractivity contribution is 5.85. The predicted octanol–water partition coefficient (Wildman–Crippen LogP) is 2.35. The summed E-state index contributed by atoms with van der Waals surface area (Å²) in [4.78, 5) is 18.7. The van der Waals surface area contributed by atoms with E-state index in [2.05, 4.69) is 9.97 Å². The van der Waals surface area contributed by atoms with E-state index in [4.69, 9.17) is 0 Å². The summed E-state index contributed by atoms with van der Waals surface area (Å²) in [6.07, 6.45) is 6.90. The van der Waals surface area contributed by atoms with Gasteiger partial charge in [-0.1, -0.05) is 0 Å². The van der Waals surface area contributed by atoms with Crippen LogP contribution in [0.4, 0.5) is 0 Å². The lowest BCUT2D eigenvalue weighted by Gasteiger charge is -2.01. The highest BCUT2D eigenvalue weighted by atomic mass is 16.3. The minimum atomic E-state index is 0.0502. The first kappa shape index (κ1) is 11.0. The first-order chi connectivity index (χ1) is 8.31. The molecule has 0 fully saturated rings. The molecule has 0 aliphatic rings. The highest BCUT2D eigenvalue weighted by Gasteiger charge is 2.02. The third-order valence-electron chi connectivity index (χ3n) is 2.25. The minimum Gasteiger partial charge on any atom is -0.507 e. The van der Waals surface area contributed by atoms with Crippen LogP contribution in [0, 0.1) is 0 Å². The van der Waals surface area contributed by atoms with Gasteiger partial charge in [0.1, 0.15) is 5.76 Å². The Kier molecular flexibility index (Phi) is 3.25. The molecule has 17 heavy (non-hydrogen) atoms. The fourth-order valence-electron chi connectivity index (χ4n) is 1.39. The van der Waals surface area contributed by atoms with Crippen molar-refractivity contribution in [1.82, 2.24) is 9.97 Å². The summed E-state index contributed by atoms with van der Waals surface area (Å²) in [7, 11) is 0. The summed E-state index contributed by atoms with van der Waals surface area (Å²) in [5.41, 5.74) is 1.51. The molecule has 0 radical (unpaired) electrons. The summed E-state index contributed by atoms with van der Waals surface area (Å²) >= 11 is 0. The standard InChI is InChI=1S/C13H10N2O2/c16-9-11-2-1-5-15-12(11)8-13(17)10-3-6-14-7-4-10/h1-9,17H. The Labute approximate surface area is 98.3 Å². The van der Waals surface area contributed by atoms with Crippen LogP contribution in [0.3, 0.4) is 0 Å². The maximum absolute atomic E-state index is 10.8. The zero-order valence-electron chi connectivity index (χ0n) is 8.95. The van der Waals surface area contributed by atoms with Gasteiger partial charge in [0, 0.05) is 35.8 Å². The van der Waals surface area contributed by atoms with Crippen LogP contribution in [-0.4, -0.2) is 21.4 Å². The van der Waals surface area contributed by atoms with Crippen LogP contribution < -0.4 is 0 Å². The third-order valence-corrected chi connectivity index (χ3v) is 2.25. The topological polar surface area (TPSA) is 63.1 Å². The minimum absolute atomic E-state index is 0.0502. The van der Waals surface area contributed by atoms with E-state index in [0.717, 1.165) is 0 Å². The molecule has 0 aliphatic carbocycles. The van der Waals surface area contributed by atoms with Crippen LogP contribution >= 0.6 is 0 Å². The van der Waals surface area contributed by atoms with E-state index in [-0.39, 0.29) is 5.76 Å². The molecule has 0 spiro atoms. The smallest absolute Gasteiger partial charge is 0.152 e. The number of hydrogen-bond donors (Lipinski definition) is 1. The van der Waals surface area contributed by atoms with E-state index in [1.165, 1.54) is 6.08 Å². The van der Waals surface area contributed by atoms with E-state index in [0.29, 0.717) is 23.1 Å². The average molecular weight is 226 g/mol. The summed E-state index contributed by atoms with van der Waals surface area (Å²) < 4.78 is 0. The molecule has 0 saturated carbocycles. The van der Waals surface area contributed by atoms with Crippen molar-refractivity contribution >= 4 is 18.1 Å². The molecule has 0 saturated heterocycles. The highest BCUT2D eigenvalue weighted by Crippen LogP contribution is 2.14. The first-order valence-corrected chi connectivity index (χ1v) is 5.02. The van der Waals surface area contributed by atoms with Gasteiger partial charge in [-0.3, -0.25) is 14.8 Å². The van der Waals surface area contributed by atoms with Gasteiger partial charge in [-0.05, 0) is 24.3 Å². The van der Waals surface area contributed by atoms with Gasteiger partial charge >= 0.3 is 0 Å². The van der Waals surface area contributed by atoms with Gasteiger partial charge in [-0.15, -0.1) is 0 Å². The van der Waals surface area contributed by atoms with E-state index in [1.54, 1.807) is 42.9 Å². The molecular formula is C13H10N2O2. The van der Waals surface area contributed by atoms with Gasteiger partial charge < -0.3 is 5.11 Å². The van der Waals surface area contributed by atoms with Gasteiger partial charge in [0.05, 0.1) is 5.69 Å². The van der Waals surface area contributed by atoms with Crippen molar-refractivity contribution in [2.24, 2.45) is 0 Å². The Bertz CT molecular complexity index is 550. The van der Waals surface area contributed by atoms with Gasteiger partial charge in [-0.2, -0.15) is 0 Å². The number of carbonyl (C=O) groups is 1. The number of aromatic nitrogens is 2. The molecule has 0 bridgehead atoms. The quantitative estimate of drug-likeness (QED) is 0.644. The van der Waals surface area contributed by atoms with Crippen LogP contribution in [0.1, 0.15) is 21.6 Å². The second-order valence-corrected chi connectivity index (χ2v) is 3.36. The molecule has 2 aromatic heterocycles. The lowest BCUT2D eigenvalue weighted by Crippen LogP contribution is -1.91. The number of aliphatic hydroxyl groups excluding tert-OH is 1. The van der Waals surface area contributed by atoms with Gasteiger partial charge in [0.25, 0.3) is 0 Å². The molecule has 0 amide bonds. The molecule has 0 aliphatic heterocycles. The number of rotatable bonds is 3. The average Bonchev–Trinajstić information content (AvgIpc) is 2.40. The Morgan fingerprint density at radius 3 is 2.65 bits per heavy atom. The second-order valence-electron chi connectivity index (χ2n) is 3.36. The molecule has 0 aromatic carbocycles. The summed E-state index contributed by atoms with van der Waals surface area (Å²) in [6, 6.07) is 6.67. The molecule has 1 N–H and O–H groups in total. The lowest BCUT2D eigenvalue weighted by molar-refractivity contribution is 0.112. The van der Waals surface area contributed by atoms with Crippen LogP contribution in [-0.2, 0) is 0 Å². The fraction of sp³-hybridized carbons (Fsp3) is 0. The van der Waals surface area contributed by atoms with Crippen molar-refractivity contribution in [3.8, 4) is 0 Å². The molecule has 0 atom stereocenters. The van der Waals surface area contributed by atoms with Crippen molar-refractivity contribution in [2.75, 3.05) is 0 Å². The van der Waals surface area contributed by atoms with E-state index >= 15 is 0 Å². The summed E-state index contributed by atoms with van der Waals surface area (Å²) in [6.45, 7) is 0. The lowest BCUT2D eigenvalue weighted by atomic mass is 10.1. The van der Waals surface area contributed by atoms with Crippen molar-refractivity contribution in [3.63, 3.8) is 0 Å². The van der Waals surface area contributed by atoms with E-state index < -0.39 is 0 Å². The number of aliphatic hydroxyl groups is 1. The second kappa shape index (κ2) is 5.03. The normalized spacial score (nSPS) is 11.2. The number of hydrogen-bond acceptors (Lipinski definition) is 4. The molecule has 84 valence electrons. The van der Waals surface area contributed by atoms with Crippen molar-refractivity contribution < 1.29 is 9.90 Å². The third kappa shape index (κ3) is 2.55. The van der Waals surface area contributed by atoms with Crippen LogP contribution in [0.15, 0.2) is 42.9 Å².